The van der Waals surface area contributed by atoms with Crippen LogP contribution in [0.4, 0.5) is 0 Å². The number of halogens is 1. The average Bonchev–Trinajstić information content (AvgIpc) is 2.59. The maximum atomic E-state index is 9.97. The fraction of sp³-hybridized carbons (Fsp3) is 0.368. The van der Waals surface area contributed by atoms with Crippen molar-refractivity contribution in [2.45, 2.75) is 24.8 Å². The Morgan fingerprint density at radius 3 is 2.18 bits per heavy atom. The van der Waals surface area contributed by atoms with Crippen molar-refractivity contribution in [3.05, 3.63) is 70.7 Å². The normalized spacial score (nSPS) is 18.3. The van der Waals surface area contributed by atoms with Crippen LogP contribution in [-0.4, -0.2) is 29.7 Å². The van der Waals surface area contributed by atoms with Gasteiger partial charge >= 0.3 is 0 Å². The number of benzene rings is 2. The van der Waals surface area contributed by atoms with E-state index in [9.17, 15) is 5.11 Å². The Hall–Kier alpha value is -1.35. The highest BCUT2D eigenvalue weighted by Crippen LogP contribution is 2.35. The summed E-state index contributed by atoms with van der Waals surface area (Å²) >= 11 is 5.94. The molecule has 0 unspecified atom stereocenters. The van der Waals surface area contributed by atoms with E-state index in [0.29, 0.717) is 0 Å². The highest BCUT2D eigenvalue weighted by Gasteiger charge is 2.35. The van der Waals surface area contributed by atoms with Crippen LogP contribution in [0.3, 0.4) is 0 Å². The van der Waals surface area contributed by atoms with Gasteiger partial charge in [-0.1, -0.05) is 54.1 Å². The van der Waals surface area contributed by atoms with E-state index in [-0.39, 0.29) is 12.0 Å². The van der Waals surface area contributed by atoms with Crippen molar-refractivity contribution < 1.29 is 5.11 Å². The summed E-state index contributed by atoms with van der Waals surface area (Å²) in [4.78, 5) is 2.46. The van der Waals surface area contributed by atoms with Crippen LogP contribution in [0.1, 0.15) is 24.0 Å². The highest BCUT2D eigenvalue weighted by molar-refractivity contribution is 6.30. The molecule has 1 heterocycles. The standard InChI is InChI=1S/C19H22ClNO/c20-18-8-6-16(7-9-18)14-21-12-10-19(15-22,11-13-21)17-4-2-1-3-5-17/h1-9,22H,10-15H2. The average molecular weight is 316 g/mol. The summed E-state index contributed by atoms with van der Waals surface area (Å²) in [6, 6.07) is 18.5. The smallest absolute Gasteiger partial charge is 0.0528 e. The summed E-state index contributed by atoms with van der Waals surface area (Å²) in [5, 5.41) is 10.8. The molecule has 0 amide bonds. The Labute approximate surface area is 137 Å². The van der Waals surface area contributed by atoms with Crippen LogP contribution in [0.25, 0.3) is 0 Å². The molecule has 0 bridgehead atoms. The molecule has 2 nitrogen and oxygen atoms in total. The molecule has 1 fully saturated rings. The van der Waals surface area contributed by atoms with Crippen molar-refractivity contribution >= 4 is 11.6 Å². The third kappa shape index (κ3) is 3.35. The number of hydrogen-bond acceptors (Lipinski definition) is 2. The molecule has 116 valence electrons. The van der Waals surface area contributed by atoms with Gasteiger partial charge in [0.1, 0.15) is 0 Å². The van der Waals surface area contributed by atoms with Gasteiger partial charge in [-0.25, -0.2) is 0 Å². The molecule has 0 aliphatic carbocycles. The summed E-state index contributed by atoms with van der Waals surface area (Å²) in [6.45, 7) is 3.20. The summed E-state index contributed by atoms with van der Waals surface area (Å²) in [5.41, 5.74) is 2.49. The highest BCUT2D eigenvalue weighted by atomic mass is 35.5. The molecule has 1 N–H and O–H groups in total. The van der Waals surface area contributed by atoms with Crippen molar-refractivity contribution in [3.63, 3.8) is 0 Å². The number of aliphatic hydroxyl groups excluding tert-OH is 1. The molecular weight excluding hydrogens is 294 g/mol. The first-order chi connectivity index (χ1) is 10.7. The lowest BCUT2D eigenvalue weighted by Crippen LogP contribution is -2.44. The van der Waals surface area contributed by atoms with Gasteiger partial charge in [0.15, 0.2) is 0 Å². The van der Waals surface area contributed by atoms with Gasteiger partial charge in [0.2, 0.25) is 0 Å². The molecule has 1 aliphatic rings. The molecule has 3 rings (SSSR count). The number of hydrogen-bond donors (Lipinski definition) is 1. The SMILES string of the molecule is OCC1(c2ccccc2)CCN(Cc2ccc(Cl)cc2)CC1. The van der Waals surface area contributed by atoms with Gasteiger partial charge in [0.05, 0.1) is 6.61 Å². The minimum Gasteiger partial charge on any atom is -0.395 e. The molecular formula is C19H22ClNO. The fourth-order valence-corrected chi connectivity index (χ4v) is 3.44. The van der Waals surface area contributed by atoms with Crippen LogP contribution in [0, 0.1) is 0 Å². The number of nitrogens with zero attached hydrogens (tertiary/aromatic N) is 1. The monoisotopic (exact) mass is 315 g/mol. The Balaban J connectivity index is 1.65. The van der Waals surface area contributed by atoms with Crippen molar-refractivity contribution in [1.82, 2.24) is 4.90 Å². The minimum absolute atomic E-state index is 0.0717. The molecule has 0 saturated carbocycles. The second kappa shape index (κ2) is 6.82. The van der Waals surface area contributed by atoms with E-state index in [2.05, 4.69) is 41.3 Å². The zero-order chi connectivity index (χ0) is 15.4. The first-order valence-electron chi connectivity index (χ1n) is 7.85. The lowest BCUT2D eigenvalue weighted by atomic mass is 9.73. The molecule has 0 radical (unpaired) electrons. The Kier molecular flexibility index (Phi) is 4.82. The van der Waals surface area contributed by atoms with E-state index in [0.717, 1.165) is 37.5 Å². The Bertz CT molecular complexity index is 589. The van der Waals surface area contributed by atoms with Crippen LogP contribution in [0.2, 0.25) is 5.02 Å². The number of rotatable bonds is 4. The van der Waals surface area contributed by atoms with Gasteiger partial charge in [-0.2, -0.15) is 0 Å². The second-order valence-electron chi connectivity index (χ2n) is 6.21. The molecule has 0 atom stereocenters. The summed E-state index contributed by atoms with van der Waals surface area (Å²) < 4.78 is 0. The van der Waals surface area contributed by atoms with E-state index >= 15 is 0 Å². The predicted octanol–water partition coefficient (Wildman–Crippen LogP) is 3.87. The quantitative estimate of drug-likeness (QED) is 0.926. The maximum absolute atomic E-state index is 9.97. The van der Waals surface area contributed by atoms with Crippen molar-refractivity contribution in [1.29, 1.82) is 0 Å². The summed E-state index contributed by atoms with van der Waals surface area (Å²) in [7, 11) is 0. The van der Waals surface area contributed by atoms with Crippen molar-refractivity contribution in [3.8, 4) is 0 Å². The van der Waals surface area contributed by atoms with E-state index < -0.39 is 0 Å². The lowest BCUT2D eigenvalue weighted by Gasteiger charge is -2.41. The second-order valence-corrected chi connectivity index (χ2v) is 6.64. The van der Waals surface area contributed by atoms with Crippen LogP contribution < -0.4 is 0 Å². The summed E-state index contributed by atoms with van der Waals surface area (Å²) in [6.07, 6.45) is 2.00. The predicted molar refractivity (Wildman–Crippen MR) is 91.2 cm³/mol. The molecule has 1 aliphatic heterocycles. The number of aliphatic hydroxyl groups is 1. The zero-order valence-corrected chi connectivity index (χ0v) is 13.5. The van der Waals surface area contributed by atoms with Crippen LogP contribution in [-0.2, 0) is 12.0 Å². The Morgan fingerprint density at radius 2 is 1.59 bits per heavy atom. The van der Waals surface area contributed by atoms with E-state index in [1.165, 1.54) is 11.1 Å². The molecule has 1 saturated heterocycles. The summed E-state index contributed by atoms with van der Waals surface area (Å²) in [5.74, 6) is 0. The molecule has 0 aromatic heterocycles. The molecule has 22 heavy (non-hydrogen) atoms. The van der Waals surface area contributed by atoms with E-state index in [1.54, 1.807) is 0 Å². The van der Waals surface area contributed by atoms with Gasteiger partial charge in [-0.3, -0.25) is 4.90 Å². The van der Waals surface area contributed by atoms with E-state index in [1.807, 2.05) is 18.2 Å². The van der Waals surface area contributed by atoms with Crippen LogP contribution in [0.15, 0.2) is 54.6 Å². The number of piperidine rings is 1. The molecule has 0 spiro atoms. The van der Waals surface area contributed by atoms with Gasteiger partial charge in [0, 0.05) is 17.0 Å². The first kappa shape index (κ1) is 15.5. The van der Waals surface area contributed by atoms with Gasteiger partial charge < -0.3 is 5.11 Å². The van der Waals surface area contributed by atoms with Crippen LogP contribution in [0.5, 0.6) is 0 Å². The number of likely N-dealkylation sites (tertiary alicyclic amines) is 1. The largest absolute Gasteiger partial charge is 0.395 e. The third-order valence-electron chi connectivity index (χ3n) is 4.82. The topological polar surface area (TPSA) is 23.5 Å². The fourth-order valence-electron chi connectivity index (χ4n) is 3.32. The van der Waals surface area contributed by atoms with Gasteiger partial charge in [-0.15, -0.1) is 0 Å². The third-order valence-corrected chi connectivity index (χ3v) is 5.07. The first-order valence-corrected chi connectivity index (χ1v) is 8.23. The van der Waals surface area contributed by atoms with Crippen LogP contribution >= 0.6 is 11.6 Å². The van der Waals surface area contributed by atoms with E-state index in [4.69, 9.17) is 11.6 Å². The molecule has 2 aromatic carbocycles. The molecule has 3 heteroatoms. The zero-order valence-electron chi connectivity index (χ0n) is 12.7. The Morgan fingerprint density at radius 1 is 0.955 bits per heavy atom. The van der Waals surface area contributed by atoms with Gasteiger partial charge in [-0.05, 0) is 49.2 Å². The maximum Gasteiger partial charge on any atom is 0.0528 e. The van der Waals surface area contributed by atoms with Gasteiger partial charge in [0.25, 0.3) is 0 Å². The lowest BCUT2D eigenvalue weighted by molar-refractivity contribution is 0.0974. The molecule has 2 aromatic rings. The minimum atomic E-state index is -0.0717. The van der Waals surface area contributed by atoms with Crippen molar-refractivity contribution in [2.24, 2.45) is 0 Å². The van der Waals surface area contributed by atoms with Crippen molar-refractivity contribution in [2.75, 3.05) is 19.7 Å².